The second-order valence-corrected chi connectivity index (χ2v) is 6.12. The first-order valence-electron chi connectivity index (χ1n) is 7.87. The molecule has 1 saturated heterocycles. The quantitative estimate of drug-likeness (QED) is 0.795. The Morgan fingerprint density at radius 2 is 2.00 bits per heavy atom. The number of nitrogens with one attached hydrogen (secondary N) is 2. The summed E-state index contributed by atoms with van der Waals surface area (Å²) in [5.41, 5.74) is 2.46. The molecule has 0 radical (unpaired) electrons. The molecule has 2 unspecified atom stereocenters. The molecule has 1 aliphatic heterocycles. The van der Waals surface area contributed by atoms with Crippen LogP contribution in [0.3, 0.4) is 0 Å². The van der Waals surface area contributed by atoms with Gasteiger partial charge >= 0.3 is 0 Å². The van der Waals surface area contributed by atoms with Crippen LogP contribution in [-0.4, -0.2) is 57.2 Å². The summed E-state index contributed by atoms with van der Waals surface area (Å²) in [6.07, 6.45) is 0.466. The summed E-state index contributed by atoms with van der Waals surface area (Å²) in [5.74, 6) is 0.0713. The summed E-state index contributed by atoms with van der Waals surface area (Å²) in [6, 6.07) is 8.78. The van der Waals surface area contributed by atoms with Crippen molar-refractivity contribution < 1.29 is 9.53 Å². The largest absolute Gasteiger partial charge is 0.378 e. The van der Waals surface area contributed by atoms with Crippen LogP contribution in [0.4, 0.5) is 0 Å². The van der Waals surface area contributed by atoms with Crippen LogP contribution in [0.2, 0.25) is 0 Å². The minimum absolute atomic E-state index is 0. The molecule has 2 N–H and O–H groups in total. The number of rotatable bonds is 6. The fraction of sp³-hybridized carbons (Fsp3) is 0.588. The predicted octanol–water partition coefficient (Wildman–Crippen LogP) is 1.94. The highest BCUT2D eigenvalue weighted by atomic mass is 35.5. The Hall–Kier alpha value is -0.850. The number of aryl methyl sites for hydroxylation is 1. The zero-order valence-corrected chi connectivity index (χ0v) is 16.2. The Bertz CT molecular complexity index is 477. The normalized spacial score (nSPS) is 18.2. The van der Waals surface area contributed by atoms with Gasteiger partial charge in [0, 0.05) is 25.6 Å². The van der Waals surface area contributed by atoms with Crippen molar-refractivity contribution >= 4 is 30.7 Å². The van der Waals surface area contributed by atoms with Crippen molar-refractivity contribution in [3.05, 3.63) is 35.4 Å². The van der Waals surface area contributed by atoms with E-state index in [9.17, 15) is 4.79 Å². The van der Waals surface area contributed by atoms with Crippen molar-refractivity contribution in [2.45, 2.75) is 25.4 Å². The fourth-order valence-corrected chi connectivity index (χ4v) is 2.64. The Morgan fingerprint density at radius 1 is 1.33 bits per heavy atom. The summed E-state index contributed by atoms with van der Waals surface area (Å²) in [5, 5.41) is 6.35. The highest BCUT2D eigenvalue weighted by molar-refractivity contribution is 5.85. The summed E-state index contributed by atoms with van der Waals surface area (Å²) < 4.78 is 5.38. The first-order chi connectivity index (χ1) is 10.6. The number of benzene rings is 1. The Kier molecular flexibility index (Phi) is 11.2. The third kappa shape index (κ3) is 7.36. The molecule has 0 aliphatic carbocycles. The highest BCUT2D eigenvalue weighted by Gasteiger charge is 2.19. The molecule has 0 spiro atoms. The predicted molar refractivity (Wildman–Crippen MR) is 102 cm³/mol. The van der Waals surface area contributed by atoms with Gasteiger partial charge in [0.1, 0.15) is 0 Å². The maximum Gasteiger partial charge on any atom is 0.221 e. The van der Waals surface area contributed by atoms with Crippen molar-refractivity contribution in [1.82, 2.24) is 15.5 Å². The number of carbonyl (C=O) groups excluding carboxylic acids is 1. The lowest BCUT2D eigenvalue weighted by Gasteiger charge is -2.26. The summed E-state index contributed by atoms with van der Waals surface area (Å²) in [6.45, 7) is 4.86. The number of hydrogen-bond donors (Lipinski definition) is 2. The van der Waals surface area contributed by atoms with E-state index >= 15 is 0 Å². The third-order valence-electron chi connectivity index (χ3n) is 4.01. The number of nitrogens with zero attached hydrogens (tertiary/aromatic N) is 1. The van der Waals surface area contributed by atoms with E-state index in [0.717, 1.165) is 13.2 Å². The standard InChI is InChI=1S/C17H27N3O2.2ClH/c1-13-4-6-14(7-5-13)16(20(2)3)11-19-17(21)10-15-12-22-9-8-18-15;;/h4-7,15-16,18H,8-12H2,1-3H3,(H,19,21);2*1H. The van der Waals surface area contributed by atoms with E-state index in [1.165, 1.54) is 11.1 Å². The van der Waals surface area contributed by atoms with Gasteiger partial charge in [-0.25, -0.2) is 0 Å². The molecule has 2 atom stereocenters. The van der Waals surface area contributed by atoms with Crippen LogP contribution < -0.4 is 10.6 Å². The lowest BCUT2D eigenvalue weighted by molar-refractivity contribution is -0.122. The van der Waals surface area contributed by atoms with E-state index in [4.69, 9.17) is 4.74 Å². The monoisotopic (exact) mass is 377 g/mol. The average molecular weight is 378 g/mol. The van der Waals surface area contributed by atoms with Gasteiger partial charge in [-0.15, -0.1) is 24.8 Å². The van der Waals surface area contributed by atoms with Crippen LogP contribution in [-0.2, 0) is 9.53 Å². The number of likely N-dealkylation sites (N-methyl/N-ethyl adjacent to an activating group) is 1. The first-order valence-corrected chi connectivity index (χ1v) is 7.87. The molecule has 0 saturated carbocycles. The van der Waals surface area contributed by atoms with Gasteiger partial charge < -0.3 is 20.3 Å². The zero-order chi connectivity index (χ0) is 15.9. The first kappa shape index (κ1) is 23.1. The zero-order valence-electron chi connectivity index (χ0n) is 14.6. The van der Waals surface area contributed by atoms with Crippen molar-refractivity contribution in [3.8, 4) is 0 Å². The SMILES string of the molecule is Cc1ccc(C(CNC(=O)CC2COCCN2)N(C)C)cc1.Cl.Cl. The molecule has 2 rings (SSSR count). The molecule has 5 nitrogen and oxygen atoms in total. The molecule has 1 aliphatic rings. The lowest BCUT2D eigenvalue weighted by atomic mass is 10.0. The maximum absolute atomic E-state index is 12.1. The average Bonchev–Trinajstić information content (AvgIpc) is 2.50. The number of ether oxygens (including phenoxy) is 1. The number of morpholine rings is 1. The van der Waals surface area contributed by atoms with Gasteiger partial charge in [-0.05, 0) is 26.6 Å². The molecule has 1 fully saturated rings. The second kappa shape index (κ2) is 11.7. The maximum atomic E-state index is 12.1. The Labute approximate surface area is 157 Å². The van der Waals surface area contributed by atoms with Gasteiger partial charge in [0.15, 0.2) is 0 Å². The van der Waals surface area contributed by atoms with Gasteiger partial charge in [0.05, 0.1) is 19.3 Å². The van der Waals surface area contributed by atoms with E-state index in [2.05, 4.69) is 46.7 Å². The summed E-state index contributed by atoms with van der Waals surface area (Å²) in [7, 11) is 4.07. The van der Waals surface area contributed by atoms with Crippen LogP contribution in [0.5, 0.6) is 0 Å². The topological polar surface area (TPSA) is 53.6 Å². The summed E-state index contributed by atoms with van der Waals surface area (Å²) in [4.78, 5) is 14.2. The molecular formula is C17H29Cl2N3O2. The van der Waals surface area contributed by atoms with E-state index < -0.39 is 0 Å². The van der Waals surface area contributed by atoms with Crippen molar-refractivity contribution in [3.63, 3.8) is 0 Å². The molecule has 0 aromatic heterocycles. The molecule has 24 heavy (non-hydrogen) atoms. The molecule has 1 aromatic rings. The van der Waals surface area contributed by atoms with Crippen molar-refractivity contribution in [2.24, 2.45) is 0 Å². The number of hydrogen-bond acceptors (Lipinski definition) is 4. The Morgan fingerprint density at radius 3 is 2.54 bits per heavy atom. The van der Waals surface area contributed by atoms with Crippen LogP contribution >= 0.6 is 24.8 Å². The van der Waals surface area contributed by atoms with Gasteiger partial charge in [-0.1, -0.05) is 29.8 Å². The van der Waals surface area contributed by atoms with Gasteiger partial charge in [-0.3, -0.25) is 4.79 Å². The third-order valence-corrected chi connectivity index (χ3v) is 4.01. The van der Waals surface area contributed by atoms with E-state index in [0.29, 0.717) is 19.6 Å². The molecule has 7 heteroatoms. The summed E-state index contributed by atoms with van der Waals surface area (Å²) >= 11 is 0. The van der Waals surface area contributed by atoms with Gasteiger partial charge in [-0.2, -0.15) is 0 Å². The van der Waals surface area contributed by atoms with E-state index in [-0.39, 0.29) is 42.8 Å². The van der Waals surface area contributed by atoms with Crippen LogP contribution in [0.25, 0.3) is 0 Å². The number of amides is 1. The van der Waals surface area contributed by atoms with Crippen LogP contribution in [0, 0.1) is 6.92 Å². The van der Waals surface area contributed by atoms with Gasteiger partial charge in [0.2, 0.25) is 5.91 Å². The molecule has 1 aromatic carbocycles. The lowest BCUT2D eigenvalue weighted by Crippen LogP contribution is -2.45. The smallest absolute Gasteiger partial charge is 0.221 e. The second-order valence-electron chi connectivity index (χ2n) is 6.12. The highest BCUT2D eigenvalue weighted by Crippen LogP contribution is 2.18. The minimum atomic E-state index is 0. The molecular weight excluding hydrogens is 349 g/mol. The molecule has 1 heterocycles. The van der Waals surface area contributed by atoms with Crippen molar-refractivity contribution in [1.29, 1.82) is 0 Å². The van der Waals surface area contributed by atoms with Crippen LogP contribution in [0.15, 0.2) is 24.3 Å². The minimum Gasteiger partial charge on any atom is -0.378 e. The Balaban J connectivity index is 0.00000264. The molecule has 1 amide bonds. The van der Waals surface area contributed by atoms with Crippen LogP contribution in [0.1, 0.15) is 23.6 Å². The van der Waals surface area contributed by atoms with Crippen molar-refractivity contribution in [2.75, 3.05) is 40.4 Å². The number of halogens is 2. The molecule has 138 valence electrons. The van der Waals surface area contributed by atoms with E-state index in [1.54, 1.807) is 0 Å². The molecule has 0 bridgehead atoms. The fourth-order valence-electron chi connectivity index (χ4n) is 2.64. The van der Waals surface area contributed by atoms with Gasteiger partial charge in [0.25, 0.3) is 0 Å². The number of carbonyl (C=O) groups is 1. The van der Waals surface area contributed by atoms with E-state index in [1.807, 2.05) is 14.1 Å².